The Morgan fingerprint density at radius 1 is 1.52 bits per heavy atom. The number of hydrogen-bond donors (Lipinski definition) is 1. The van der Waals surface area contributed by atoms with Gasteiger partial charge in [0.2, 0.25) is 5.91 Å². The monoisotopic (exact) mass is 304 g/mol. The van der Waals surface area contributed by atoms with E-state index in [9.17, 15) is 4.79 Å². The van der Waals surface area contributed by atoms with Crippen molar-refractivity contribution in [3.05, 3.63) is 34.0 Å². The van der Waals surface area contributed by atoms with Crippen LogP contribution in [0.4, 0.5) is 0 Å². The number of nitrogens with zero attached hydrogens (tertiary/aromatic N) is 3. The molecule has 1 atom stereocenters. The molecule has 0 fully saturated rings. The van der Waals surface area contributed by atoms with Crippen LogP contribution < -0.4 is 5.32 Å². The van der Waals surface area contributed by atoms with Gasteiger partial charge in [0.25, 0.3) is 0 Å². The van der Waals surface area contributed by atoms with Crippen molar-refractivity contribution < 1.29 is 4.79 Å². The third kappa shape index (κ3) is 3.15. The molecule has 0 bridgehead atoms. The van der Waals surface area contributed by atoms with Crippen LogP contribution >= 0.6 is 11.3 Å². The predicted octanol–water partition coefficient (Wildman–Crippen LogP) is 2.14. The summed E-state index contributed by atoms with van der Waals surface area (Å²) in [6, 6.07) is 2.18. The molecule has 1 aliphatic rings. The summed E-state index contributed by atoms with van der Waals surface area (Å²) in [5.74, 6) is 2.51. The lowest BCUT2D eigenvalue weighted by Gasteiger charge is -2.25. The van der Waals surface area contributed by atoms with Crippen molar-refractivity contribution in [3.8, 4) is 0 Å². The number of amides is 1. The molecule has 5 nitrogen and oxygen atoms in total. The molecule has 2 aromatic heterocycles. The topological polar surface area (TPSA) is 59.8 Å². The zero-order chi connectivity index (χ0) is 14.8. The normalized spacial score (nSPS) is 17.8. The first-order chi connectivity index (χ1) is 10.1. The van der Waals surface area contributed by atoms with Crippen LogP contribution in [0.5, 0.6) is 0 Å². The second-order valence-electron chi connectivity index (χ2n) is 5.85. The Morgan fingerprint density at radius 2 is 2.38 bits per heavy atom. The zero-order valence-corrected chi connectivity index (χ0v) is 13.2. The van der Waals surface area contributed by atoms with Crippen LogP contribution in [-0.4, -0.2) is 26.7 Å². The molecule has 6 heteroatoms. The summed E-state index contributed by atoms with van der Waals surface area (Å²) >= 11 is 1.62. The van der Waals surface area contributed by atoms with Crippen molar-refractivity contribution in [2.75, 3.05) is 0 Å². The molecule has 112 valence electrons. The highest BCUT2D eigenvalue weighted by atomic mass is 32.1. The molecule has 0 aromatic carbocycles. The van der Waals surface area contributed by atoms with Gasteiger partial charge in [-0.3, -0.25) is 4.79 Å². The maximum Gasteiger partial charge on any atom is 0.224 e. The van der Waals surface area contributed by atoms with Crippen molar-refractivity contribution >= 4 is 17.2 Å². The lowest BCUT2D eigenvalue weighted by molar-refractivity contribution is -0.121. The highest BCUT2D eigenvalue weighted by Gasteiger charge is 2.24. The smallest absolute Gasteiger partial charge is 0.224 e. The number of thiophene rings is 1. The van der Waals surface area contributed by atoms with Gasteiger partial charge >= 0.3 is 0 Å². The average Bonchev–Trinajstić information content (AvgIpc) is 3.06. The highest BCUT2D eigenvalue weighted by molar-refractivity contribution is 7.07. The molecule has 0 saturated carbocycles. The van der Waals surface area contributed by atoms with Gasteiger partial charge in [0.05, 0.1) is 6.42 Å². The van der Waals surface area contributed by atoms with E-state index < -0.39 is 0 Å². The molecule has 0 radical (unpaired) electrons. The van der Waals surface area contributed by atoms with Crippen LogP contribution in [0.25, 0.3) is 0 Å². The van der Waals surface area contributed by atoms with Gasteiger partial charge in [-0.1, -0.05) is 13.8 Å². The molecule has 1 N–H and O–H groups in total. The quantitative estimate of drug-likeness (QED) is 0.941. The fourth-order valence-electron chi connectivity index (χ4n) is 2.75. The van der Waals surface area contributed by atoms with Crippen molar-refractivity contribution in [1.29, 1.82) is 0 Å². The van der Waals surface area contributed by atoms with E-state index in [1.165, 1.54) is 0 Å². The second kappa shape index (κ2) is 5.97. The largest absolute Gasteiger partial charge is 0.351 e. The summed E-state index contributed by atoms with van der Waals surface area (Å²) < 4.78 is 2.17. The van der Waals surface area contributed by atoms with E-state index in [2.05, 4.69) is 33.9 Å². The molecule has 3 rings (SSSR count). The third-order valence-electron chi connectivity index (χ3n) is 3.80. The number of hydrogen-bond acceptors (Lipinski definition) is 4. The summed E-state index contributed by atoms with van der Waals surface area (Å²) in [5, 5.41) is 15.7. The molecule has 3 heterocycles. The molecular formula is C15H20N4OS. The van der Waals surface area contributed by atoms with Crippen LogP contribution in [0.2, 0.25) is 0 Å². The first-order valence-electron chi connectivity index (χ1n) is 7.36. The van der Waals surface area contributed by atoms with E-state index in [1.54, 1.807) is 11.3 Å². The Labute approximate surface area is 128 Å². The van der Waals surface area contributed by atoms with Gasteiger partial charge in [-0.05, 0) is 28.8 Å². The minimum absolute atomic E-state index is 0.0982. The Balaban J connectivity index is 1.63. The molecule has 1 unspecified atom stereocenters. The van der Waals surface area contributed by atoms with Gasteiger partial charge in [-0.15, -0.1) is 10.2 Å². The Kier molecular flexibility index (Phi) is 4.05. The molecular weight excluding hydrogens is 284 g/mol. The Bertz CT molecular complexity index is 618. The van der Waals surface area contributed by atoms with Crippen molar-refractivity contribution in [2.24, 2.45) is 0 Å². The number of rotatable bonds is 4. The molecule has 21 heavy (non-hydrogen) atoms. The summed E-state index contributed by atoms with van der Waals surface area (Å²) in [4.78, 5) is 12.1. The van der Waals surface area contributed by atoms with Crippen LogP contribution in [-0.2, 0) is 24.2 Å². The van der Waals surface area contributed by atoms with Gasteiger partial charge < -0.3 is 9.88 Å². The standard InChI is InChI=1S/C15H20N4OS/c1-10(2)15-18-17-13-4-3-12(8-19(13)15)16-14(20)7-11-5-6-21-9-11/h5-6,9-10,12H,3-4,7-8H2,1-2H3,(H,16,20). The highest BCUT2D eigenvalue weighted by Crippen LogP contribution is 2.20. The number of carbonyl (C=O) groups excluding carboxylic acids is 1. The van der Waals surface area contributed by atoms with E-state index in [0.717, 1.165) is 36.6 Å². The first kappa shape index (κ1) is 14.3. The first-order valence-corrected chi connectivity index (χ1v) is 8.30. The maximum absolute atomic E-state index is 12.1. The van der Waals surface area contributed by atoms with E-state index in [-0.39, 0.29) is 11.9 Å². The lowest BCUT2D eigenvalue weighted by Crippen LogP contribution is -2.42. The van der Waals surface area contributed by atoms with E-state index in [4.69, 9.17) is 0 Å². The van der Waals surface area contributed by atoms with Crippen molar-refractivity contribution in [3.63, 3.8) is 0 Å². The minimum Gasteiger partial charge on any atom is -0.351 e. The van der Waals surface area contributed by atoms with E-state index >= 15 is 0 Å². The molecule has 2 aromatic rings. The van der Waals surface area contributed by atoms with Crippen molar-refractivity contribution in [1.82, 2.24) is 20.1 Å². The molecule has 0 spiro atoms. The minimum atomic E-state index is 0.0982. The Hall–Kier alpha value is -1.69. The number of carbonyl (C=O) groups is 1. The summed E-state index contributed by atoms with van der Waals surface area (Å²) in [7, 11) is 0. The zero-order valence-electron chi connectivity index (χ0n) is 12.4. The second-order valence-corrected chi connectivity index (χ2v) is 6.63. The van der Waals surface area contributed by atoms with E-state index in [0.29, 0.717) is 12.3 Å². The van der Waals surface area contributed by atoms with Gasteiger partial charge in [0, 0.05) is 24.9 Å². The third-order valence-corrected chi connectivity index (χ3v) is 4.53. The van der Waals surface area contributed by atoms with Crippen LogP contribution in [0, 0.1) is 0 Å². The molecule has 0 aliphatic carbocycles. The molecule has 1 amide bonds. The fraction of sp³-hybridized carbons (Fsp3) is 0.533. The number of nitrogens with one attached hydrogen (secondary N) is 1. The summed E-state index contributed by atoms with van der Waals surface area (Å²) in [6.45, 7) is 5.03. The van der Waals surface area contributed by atoms with Crippen LogP contribution in [0.1, 0.15) is 43.4 Å². The van der Waals surface area contributed by atoms with Crippen molar-refractivity contribution in [2.45, 2.75) is 51.6 Å². The predicted molar refractivity (Wildman–Crippen MR) is 82.4 cm³/mol. The molecule has 0 saturated heterocycles. The van der Waals surface area contributed by atoms with Gasteiger partial charge in [0.1, 0.15) is 11.6 Å². The summed E-state index contributed by atoms with van der Waals surface area (Å²) in [5.41, 5.74) is 1.08. The SMILES string of the molecule is CC(C)c1nnc2n1CC(NC(=O)Cc1ccsc1)CC2. The van der Waals surface area contributed by atoms with Gasteiger partial charge in [-0.2, -0.15) is 11.3 Å². The fourth-order valence-corrected chi connectivity index (χ4v) is 3.42. The number of fused-ring (bicyclic) bond motifs is 1. The van der Waals surface area contributed by atoms with E-state index in [1.807, 2.05) is 16.8 Å². The van der Waals surface area contributed by atoms with Crippen LogP contribution in [0.15, 0.2) is 16.8 Å². The van der Waals surface area contributed by atoms with Gasteiger partial charge in [0.15, 0.2) is 0 Å². The number of aromatic nitrogens is 3. The number of aryl methyl sites for hydroxylation is 1. The molecule has 1 aliphatic heterocycles. The average molecular weight is 304 g/mol. The summed E-state index contributed by atoms with van der Waals surface area (Å²) in [6.07, 6.45) is 2.28. The van der Waals surface area contributed by atoms with Crippen LogP contribution in [0.3, 0.4) is 0 Å². The lowest BCUT2D eigenvalue weighted by atomic mass is 10.1. The maximum atomic E-state index is 12.1. The Morgan fingerprint density at radius 3 is 3.10 bits per heavy atom. The van der Waals surface area contributed by atoms with Gasteiger partial charge in [-0.25, -0.2) is 0 Å².